The molecule has 1 heterocycles. The Morgan fingerprint density at radius 2 is 2.31 bits per heavy atom. The van der Waals surface area contributed by atoms with Crippen LogP contribution in [0.4, 0.5) is 0 Å². The van der Waals surface area contributed by atoms with Crippen molar-refractivity contribution in [3.63, 3.8) is 0 Å². The third-order valence-electron chi connectivity index (χ3n) is 2.91. The van der Waals surface area contributed by atoms with Crippen molar-refractivity contribution in [2.75, 3.05) is 11.9 Å². The lowest BCUT2D eigenvalue weighted by Crippen LogP contribution is -2.43. The Morgan fingerprint density at radius 3 is 2.88 bits per heavy atom. The van der Waals surface area contributed by atoms with E-state index >= 15 is 0 Å². The molecule has 3 nitrogen and oxygen atoms in total. The third-order valence-corrected chi connectivity index (χ3v) is 3.31. The van der Waals surface area contributed by atoms with Gasteiger partial charge in [0.15, 0.2) is 0 Å². The summed E-state index contributed by atoms with van der Waals surface area (Å²) >= 11 is 3.40. The molecule has 4 heteroatoms. The largest absolute Gasteiger partial charge is 0.378 e. The van der Waals surface area contributed by atoms with Gasteiger partial charge in [-0.25, -0.2) is 0 Å². The first-order valence-corrected chi connectivity index (χ1v) is 7.14. The molecule has 1 rings (SSSR count). The molecule has 0 spiro atoms. The molecule has 1 aliphatic heterocycles. The zero-order chi connectivity index (χ0) is 12.0. The first-order chi connectivity index (χ1) is 7.53. The molecule has 1 amide bonds. The van der Waals surface area contributed by atoms with Crippen molar-refractivity contribution in [2.45, 2.75) is 57.6 Å². The summed E-state index contributed by atoms with van der Waals surface area (Å²) < 4.78 is 5.49. The Balaban J connectivity index is 2.19. The van der Waals surface area contributed by atoms with E-state index in [1.165, 1.54) is 0 Å². The zero-order valence-electron chi connectivity index (χ0n) is 10.2. The van der Waals surface area contributed by atoms with Crippen LogP contribution < -0.4 is 5.32 Å². The monoisotopic (exact) mass is 291 g/mol. The topological polar surface area (TPSA) is 38.3 Å². The predicted molar refractivity (Wildman–Crippen MR) is 68.8 cm³/mol. The summed E-state index contributed by atoms with van der Waals surface area (Å²) in [5, 5.41) is 3.97. The van der Waals surface area contributed by atoms with Crippen molar-refractivity contribution in [3.8, 4) is 0 Å². The first kappa shape index (κ1) is 14.0. The standard InChI is InChI=1S/C12H22BrNO2/c1-12(2,7-8-13)14-11(15)6-5-10-4-3-9-16-10/h10H,3-9H2,1-2H3,(H,14,15). The van der Waals surface area contributed by atoms with Crippen LogP contribution in [0.15, 0.2) is 0 Å². The average molecular weight is 292 g/mol. The molecule has 1 fully saturated rings. The summed E-state index contributed by atoms with van der Waals surface area (Å²) in [5.74, 6) is 0.140. The molecule has 0 saturated carbocycles. The minimum absolute atomic E-state index is 0.114. The number of hydrogen-bond donors (Lipinski definition) is 1. The van der Waals surface area contributed by atoms with E-state index in [9.17, 15) is 4.79 Å². The maximum Gasteiger partial charge on any atom is 0.220 e. The average Bonchev–Trinajstić information content (AvgIpc) is 2.66. The maximum atomic E-state index is 11.7. The van der Waals surface area contributed by atoms with Crippen LogP contribution in [0.25, 0.3) is 0 Å². The molecule has 1 atom stereocenters. The Labute approximate surface area is 106 Å². The van der Waals surface area contributed by atoms with Gasteiger partial charge in [-0.05, 0) is 39.5 Å². The van der Waals surface area contributed by atoms with Crippen LogP contribution >= 0.6 is 15.9 Å². The summed E-state index contributed by atoms with van der Waals surface area (Å²) in [6.07, 6.45) is 4.94. The van der Waals surface area contributed by atoms with Crippen LogP contribution in [0.3, 0.4) is 0 Å². The molecule has 1 unspecified atom stereocenters. The summed E-state index contributed by atoms with van der Waals surface area (Å²) in [6, 6.07) is 0. The van der Waals surface area contributed by atoms with Gasteiger partial charge >= 0.3 is 0 Å². The predicted octanol–water partition coefficient (Wildman–Crippen LogP) is 2.63. The van der Waals surface area contributed by atoms with Gasteiger partial charge in [-0.2, -0.15) is 0 Å². The van der Waals surface area contributed by atoms with E-state index in [4.69, 9.17) is 4.74 Å². The van der Waals surface area contributed by atoms with Gasteiger partial charge in [0, 0.05) is 23.9 Å². The maximum absolute atomic E-state index is 11.7. The second kappa shape index (κ2) is 6.60. The van der Waals surface area contributed by atoms with Crippen molar-refractivity contribution < 1.29 is 9.53 Å². The molecular weight excluding hydrogens is 270 g/mol. The van der Waals surface area contributed by atoms with Crippen LogP contribution in [0.1, 0.15) is 46.0 Å². The molecule has 1 N–H and O–H groups in total. The van der Waals surface area contributed by atoms with E-state index in [0.29, 0.717) is 12.5 Å². The highest BCUT2D eigenvalue weighted by molar-refractivity contribution is 9.09. The zero-order valence-corrected chi connectivity index (χ0v) is 11.8. The number of hydrogen-bond acceptors (Lipinski definition) is 2. The van der Waals surface area contributed by atoms with Crippen molar-refractivity contribution >= 4 is 21.8 Å². The number of halogens is 1. The van der Waals surface area contributed by atoms with E-state index in [-0.39, 0.29) is 11.4 Å². The van der Waals surface area contributed by atoms with Crippen molar-refractivity contribution in [1.82, 2.24) is 5.32 Å². The minimum atomic E-state index is -0.114. The number of carbonyl (C=O) groups is 1. The van der Waals surface area contributed by atoms with Crippen LogP contribution in [-0.4, -0.2) is 29.5 Å². The number of rotatable bonds is 6. The Bertz CT molecular complexity index is 225. The number of amides is 1. The minimum Gasteiger partial charge on any atom is -0.378 e. The van der Waals surface area contributed by atoms with Crippen molar-refractivity contribution in [2.24, 2.45) is 0 Å². The number of alkyl halides is 1. The van der Waals surface area contributed by atoms with Gasteiger partial charge in [-0.15, -0.1) is 0 Å². The lowest BCUT2D eigenvalue weighted by atomic mass is 10.0. The van der Waals surface area contributed by atoms with E-state index in [2.05, 4.69) is 35.1 Å². The highest BCUT2D eigenvalue weighted by Gasteiger charge is 2.21. The molecule has 16 heavy (non-hydrogen) atoms. The second-order valence-corrected chi connectivity index (χ2v) is 5.84. The lowest BCUT2D eigenvalue weighted by Gasteiger charge is -2.25. The van der Waals surface area contributed by atoms with Gasteiger partial charge < -0.3 is 10.1 Å². The highest BCUT2D eigenvalue weighted by atomic mass is 79.9. The molecule has 0 aromatic rings. The Kier molecular flexibility index (Phi) is 5.76. The number of carbonyl (C=O) groups excluding carboxylic acids is 1. The molecule has 0 aromatic heterocycles. The van der Waals surface area contributed by atoms with Gasteiger partial charge in [0.25, 0.3) is 0 Å². The molecule has 1 saturated heterocycles. The van der Waals surface area contributed by atoms with Crippen LogP contribution in [0, 0.1) is 0 Å². The lowest BCUT2D eigenvalue weighted by molar-refractivity contribution is -0.123. The first-order valence-electron chi connectivity index (χ1n) is 6.02. The van der Waals surface area contributed by atoms with Crippen LogP contribution in [-0.2, 0) is 9.53 Å². The normalized spacial score (nSPS) is 21.1. The van der Waals surface area contributed by atoms with Gasteiger partial charge in [0.1, 0.15) is 0 Å². The second-order valence-electron chi connectivity index (χ2n) is 5.04. The molecule has 0 bridgehead atoms. The fourth-order valence-electron chi connectivity index (χ4n) is 1.90. The molecule has 0 radical (unpaired) electrons. The van der Waals surface area contributed by atoms with E-state index in [1.807, 2.05) is 0 Å². The summed E-state index contributed by atoms with van der Waals surface area (Å²) in [5.41, 5.74) is -0.114. The van der Waals surface area contributed by atoms with Gasteiger partial charge in [0.05, 0.1) is 6.10 Å². The highest BCUT2D eigenvalue weighted by Crippen LogP contribution is 2.17. The number of ether oxygens (including phenoxy) is 1. The van der Waals surface area contributed by atoms with E-state index in [0.717, 1.165) is 37.6 Å². The smallest absolute Gasteiger partial charge is 0.220 e. The summed E-state index contributed by atoms with van der Waals surface area (Å²) in [7, 11) is 0. The summed E-state index contributed by atoms with van der Waals surface area (Å²) in [6.45, 7) is 4.97. The van der Waals surface area contributed by atoms with Crippen LogP contribution in [0.5, 0.6) is 0 Å². The fourth-order valence-corrected chi connectivity index (χ4v) is 2.89. The summed E-state index contributed by atoms with van der Waals surface area (Å²) in [4.78, 5) is 11.7. The van der Waals surface area contributed by atoms with Crippen molar-refractivity contribution in [3.05, 3.63) is 0 Å². The SMILES string of the molecule is CC(C)(CCBr)NC(=O)CCC1CCCO1. The molecule has 0 aromatic carbocycles. The fraction of sp³-hybridized carbons (Fsp3) is 0.917. The molecule has 1 aliphatic rings. The van der Waals surface area contributed by atoms with Gasteiger partial charge in [-0.3, -0.25) is 4.79 Å². The van der Waals surface area contributed by atoms with Gasteiger partial charge in [0.2, 0.25) is 5.91 Å². The van der Waals surface area contributed by atoms with Gasteiger partial charge in [-0.1, -0.05) is 15.9 Å². The quantitative estimate of drug-likeness (QED) is 0.764. The van der Waals surface area contributed by atoms with Crippen molar-refractivity contribution in [1.29, 1.82) is 0 Å². The third kappa shape index (κ3) is 5.30. The van der Waals surface area contributed by atoms with E-state index < -0.39 is 0 Å². The van der Waals surface area contributed by atoms with Crippen LogP contribution in [0.2, 0.25) is 0 Å². The molecular formula is C12H22BrNO2. The molecule has 94 valence electrons. The Morgan fingerprint density at radius 1 is 1.56 bits per heavy atom. The molecule has 0 aliphatic carbocycles. The Hall–Kier alpha value is -0.0900. The number of nitrogens with one attached hydrogen (secondary N) is 1. The van der Waals surface area contributed by atoms with E-state index in [1.54, 1.807) is 0 Å².